The molecule has 3 heteroatoms. The molecule has 0 aliphatic rings. The molecule has 0 N–H and O–H groups in total. The van der Waals surface area contributed by atoms with E-state index < -0.39 is 0 Å². The predicted molar refractivity (Wildman–Crippen MR) is 9.44 cm³/mol. The first-order valence-electron chi connectivity index (χ1n) is 0.907. The zero-order valence-electron chi connectivity index (χ0n) is 2.56. The topological polar surface area (TPSA) is 21.6 Å². The minimum atomic E-state index is 0.872. The first-order valence-corrected chi connectivity index (χ1v) is 2.23. The summed E-state index contributed by atoms with van der Waals surface area (Å²) in [4.78, 5) is 4.22. The van der Waals surface area contributed by atoms with Crippen LogP contribution < -0.4 is 0 Å². The zero-order valence-corrected chi connectivity index (χ0v) is 5.53. The van der Waals surface area contributed by atoms with E-state index in [4.69, 9.17) is 0 Å². The van der Waals surface area contributed by atoms with Crippen molar-refractivity contribution in [3.8, 4) is 0 Å². The summed E-state index contributed by atoms with van der Waals surface area (Å²) in [6, 6.07) is 0. The molecule has 4 heavy (non-hydrogen) atoms. The van der Waals surface area contributed by atoms with Crippen LogP contribution in [0.5, 0.6) is 0 Å². The second-order valence-corrected chi connectivity index (χ2v) is 0.853. The van der Waals surface area contributed by atoms with Gasteiger partial charge in [0.15, 0.2) is 0 Å². The zero-order chi connectivity index (χ0) is 3.41. The van der Waals surface area contributed by atoms with Crippen molar-refractivity contribution in [3.63, 3.8) is 0 Å². The van der Waals surface area contributed by atoms with Gasteiger partial charge in [0.2, 0.25) is 0 Å². The minimum absolute atomic E-state index is 0.872. The molecule has 0 heterocycles. The van der Waals surface area contributed by atoms with E-state index in [-0.39, 0.29) is 0 Å². The molecule has 0 amide bonds. The van der Waals surface area contributed by atoms with Gasteiger partial charge in [0.25, 0.3) is 0 Å². The van der Waals surface area contributed by atoms with Crippen LogP contribution in [0.25, 0.3) is 0 Å². The van der Waals surface area contributed by atoms with Gasteiger partial charge in [0.05, 0.1) is 0 Å². The molecule has 20 valence electrons. The fourth-order valence-electron chi connectivity index (χ4n) is 0. The Morgan fingerprint density at radius 2 is 2.25 bits per heavy atom. The number of hydrogen-bond donors (Lipinski definition) is 0. The van der Waals surface area contributed by atoms with Crippen LogP contribution in [0.1, 0.15) is 0 Å². The standard InChI is InChI=1S/CH3NO.Zn/c1-3-2;/h1H3;. The van der Waals surface area contributed by atoms with E-state index in [0.717, 1.165) is 18.1 Å². The van der Waals surface area contributed by atoms with Crippen molar-refractivity contribution >= 4 is 0 Å². The molecule has 0 rings (SSSR count). The summed E-state index contributed by atoms with van der Waals surface area (Å²) in [6.45, 7) is 0. The first-order chi connectivity index (χ1) is 1.91. The number of hydrogen-bond acceptors (Lipinski definition) is 2. The Kier molecular flexibility index (Phi) is 3.71. The fourth-order valence-corrected chi connectivity index (χ4v) is 0. The van der Waals surface area contributed by atoms with Crippen LogP contribution in [0.3, 0.4) is 0 Å². The fraction of sp³-hybridized carbons (Fsp3) is 1.00. The molecule has 0 spiro atoms. The average Bonchev–Trinajstić information content (AvgIpc) is 1.37. The van der Waals surface area contributed by atoms with Gasteiger partial charge in [-0.15, -0.1) is 0 Å². The van der Waals surface area contributed by atoms with Crippen LogP contribution in [0.15, 0.2) is 3.85 Å². The van der Waals surface area contributed by atoms with E-state index in [1.165, 1.54) is 0 Å². The molecule has 0 saturated carbocycles. The molecule has 0 saturated heterocycles. The summed E-state index contributed by atoms with van der Waals surface area (Å²) in [5.74, 6) is 0. The maximum absolute atomic E-state index is 4.22. The molecule has 2 nitrogen and oxygen atoms in total. The maximum atomic E-state index is 4.22. The summed E-state index contributed by atoms with van der Waals surface area (Å²) in [7, 11) is 1.55. The van der Waals surface area contributed by atoms with Crippen molar-refractivity contribution in [1.29, 1.82) is 0 Å². The third kappa shape index (κ3) is 2.38. The van der Waals surface area contributed by atoms with Gasteiger partial charge in [-0.1, -0.05) is 0 Å². The third-order valence-corrected chi connectivity index (χ3v) is 0.671. The molecule has 0 fully saturated rings. The van der Waals surface area contributed by atoms with E-state index in [1.807, 2.05) is 0 Å². The molecule has 0 aromatic carbocycles. The molecular weight excluding hydrogens is 107 g/mol. The van der Waals surface area contributed by atoms with E-state index in [2.05, 4.69) is 8.68 Å². The van der Waals surface area contributed by atoms with Gasteiger partial charge in [0, 0.05) is 0 Å². The van der Waals surface area contributed by atoms with E-state index >= 15 is 0 Å². The Morgan fingerprint density at radius 3 is 2.25 bits per heavy atom. The van der Waals surface area contributed by atoms with Crippen LogP contribution in [-0.4, -0.2) is 7.11 Å². The molecule has 0 aliphatic heterocycles. The van der Waals surface area contributed by atoms with E-state index in [9.17, 15) is 0 Å². The third-order valence-electron chi connectivity index (χ3n) is 0.129. The van der Waals surface area contributed by atoms with E-state index in [0.29, 0.717) is 0 Å². The summed E-state index contributed by atoms with van der Waals surface area (Å²) >= 11 is 0.872. The molecular formula is CH3NOZn. The van der Waals surface area contributed by atoms with Crippen molar-refractivity contribution in [1.82, 2.24) is 0 Å². The van der Waals surface area contributed by atoms with E-state index in [1.54, 1.807) is 7.11 Å². The van der Waals surface area contributed by atoms with Crippen LogP contribution in [0.2, 0.25) is 0 Å². The summed E-state index contributed by atoms with van der Waals surface area (Å²) < 4.78 is 3.36. The van der Waals surface area contributed by atoms with Crippen LogP contribution >= 0.6 is 0 Å². The van der Waals surface area contributed by atoms with Crippen LogP contribution in [0.4, 0.5) is 0 Å². The monoisotopic (exact) mass is 109 g/mol. The van der Waals surface area contributed by atoms with Gasteiger partial charge in [-0.05, 0) is 0 Å². The van der Waals surface area contributed by atoms with Crippen LogP contribution in [-0.2, 0) is 23.0 Å². The Bertz CT molecular complexity index is 22.0. The van der Waals surface area contributed by atoms with Crippen molar-refractivity contribution in [2.45, 2.75) is 0 Å². The first kappa shape index (κ1) is 4.38. The molecule has 0 aliphatic carbocycles. The number of nitrogens with zero attached hydrogens (tertiary/aromatic N) is 1. The van der Waals surface area contributed by atoms with Gasteiger partial charge < -0.3 is 0 Å². The molecule has 0 aromatic heterocycles. The van der Waals surface area contributed by atoms with Gasteiger partial charge in [0.1, 0.15) is 0 Å². The Morgan fingerprint density at radius 1 is 2.00 bits per heavy atom. The van der Waals surface area contributed by atoms with Gasteiger partial charge in [-0.3, -0.25) is 0 Å². The number of rotatable bonds is 1. The molecule has 0 atom stereocenters. The molecule has 0 bridgehead atoms. The van der Waals surface area contributed by atoms with Crippen molar-refractivity contribution in [2.75, 3.05) is 7.11 Å². The quantitative estimate of drug-likeness (QED) is 0.351. The normalized spacial score (nSPS) is 6.75. The van der Waals surface area contributed by atoms with Gasteiger partial charge in [-0.25, -0.2) is 0 Å². The second kappa shape index (κ2) is 3.38. The summed E-state index contributed by atoms with van der Waals surface area (Å²) in [6.07, 6.45) is 0. The SMILES string of the molecule is CO[N]=[Zn]. The molecule has 0 radical (unpaired) electrons. The van der Waals surface area contributed by atoms with Gasteiger partial charge >= 0.3 is 33.9 Å². The Balaban J connectivity index is 2.30. The average molecular weight is 110 g/mol. The summed E-state index contributed by atoms with van der Waals surface area (Å²) in [5.41, 5.74) is 0. The van der Waals surface area contributed by atoms with Crippen molar-refractivity contribution in [2.24, 2.45) is 3.85 Å². The predicted octanol–water partition coefficient (Wildman–Crippen LogP) is 0.278. The second-order valence-electron chi connectivity index (χ2n) is 0.312. The molecule has 0 aromatic rings. The molecule has 0 unspecified atom stereocenters. The Labute approximate surface area is 34.6 Å². The van der Waals surface area contributed by atoms with Crippen LogP contribution in [0, 0.1) is 0 Å². The van der Waals surface area contributed by atoms with Crippen molar-refractivity contribution in [3.05, 3.63) is 0 Å². The Hall–Kier alpha value is 0.383. The van der Waals surface area contributed by atoms with Gasteiger partial charge in [-0.2, -0.15) is 0 Å². The van der Waals surface area contributed by atoms with Crippen molar-refractivity contribution < 1.29 is 23.0 Å². The summed E-state index contributed by atoms with van der Waals surface area (Å²) in [5, 5.41) is 0.